The third-order valence-corrected chi connectivity index (χ3v) is 2.97. The van der Waals surface area contributed by atoms with E-state index < -0.39 is 0 Å². The van der Waals surface area contributed by atoms with E-state index in [0.717, 1.165) is 5.56 Å². The Morgan fingerprint density at radius 3 is 2.37 bits per heavy atom. The van der Waals surface area contributed by atoms with Crippen LogP contribution < -0.4 is 11.1 Å². The molecule has 4 heteroatoms. The Labute approximate surface area is 117 Å². The van der Waals surface area contributed by atoms with Gasteiger partial charge in [0.1, 0.15) is 4.99 Å². The van der Waals surface area contributed by atoms with Gasteiger partial charge in [-0.25, -0.2) is 0 Å². The molecule has 0 bridgehead atoms. The maximum Gasteiger partial charge on any atom is 0.255 e. The van der Waals surface area contributed by atoms with Gasteiger partial charge in [0.05, 0.1) is 5.69 Å². The Bertz CT molecular complexity index is 620. The van der Waals surface area contributed by atoms with E-state index in [0.29, 0.717) is 16.8 Å². The summed E-state index contributed by atoms with van der Waals surface area (Å²) in [4.78, 5) is 12.4. The zero-order valence-corrected chi connectivity index (χ0v) is 11.3. The van der Waals surface area contributed by atoms with Gasteiger partial charge in [-0.3, -0.25) is 4.79 Å². The van der Waals surface area contributed by atoms with Crippen molar-refractivity contribution in [1.29, 1.82) is 0 Å². The number of thiocarbonyl (C=S) groups is 1. The third-order valence-electron chi connectivity index (χ3n) is 2.75. The summed E-state index contributed by atoms with van der Waals surface area (Å²) in [5.41, 5.74) is 8.63. The zero-order valence-electron chi connectivity index (χ0n) is 10.5. The summed E-state index contributed by atoms with van der Waals surface area (Å²) in [6.07, 6.45) is 0. The molecule has 0 fully saturated rings. The molecule has 2 aromatic rings. The van der Waals surface area contributed by atoms with Crippen molar-refractivity contribution in [2.45, 2.75) is 6.92 Å². The monoisotopic (exact) mass is 270 g/mol. The van der Waals surface area contributed by atoms with Gasteiger partial charge in [-0.1, -0.05) is 42.0 Å². The Balaban J connectivity index is 2.24. The van der Waals surface area contributed by atoms with Crippen LogP contribution in [0.1, 0.15) is 21.5 Å². The fourth-order valence-electron chi connectivity index (χ4n) is 1.71. The van der Waals surface area contributed by atoms with E-state index >= 15 is 0 Å². The molecule has 96 valence electrons. The number of amides is 1. The molecule has 3 nitrogen and oxygen atoms in total. The summed E-state index contributed by atoms with van der Waals surface area (Å²) in [6.45, 7) is 1.98. The first-order chi connectivity index (χ1) is 9.08. The minimum absolute atomic E-state index is 0.177. The van der Waals surface area contributed by atoms with Crippen molar-refractivity contribution < 1.29 is 4.79 Å². The van der Waals surface area contributed by atoms with Crippen LogP contribution in [0.25, 0.3) is 0 Å². The summed E-state index contributed by atoms with van der Waals surface area (Å²) in [5.74, 6) is -0.177. The number of hydrogen-bond donors (Lipinski definition) is 2. The van der Waals surface area contributed by atoms with Crippen molar-refractivity contribution in [3.05, 3.63) is 65.2 Å². The topological polar surface area (TPSA) is 55.1 Å². The molecule has 0 heterocycles. The Morgan fingerprint density at radius 1 is 1.11 bits per heavy atom. The first kappa shape index (κ1) is 13.2. The second kappa shape index (κ2) is 5.63. The van der Waals surface area contributed by atoms with Crippen molar-refractivity contribution in [2.75, 3.05) is 5.32 Å². The number of rotatable bonds is 3. The Morgan fingerprint density at radius 2 is 1.74 bits per heavy atom. The first-order valence-corrected chi connectivity index (χ1v) is 6.25. The van der Waals surface area contributed by atoms with Gasteiger partial charge in [-0.2, -0.15) is 0 Å². The zero-order chi connectivity index (χ0) is 13.8. The number of benzene rings is 2. The molecule has 19 heavy (non-hydrogen) atoms. The lowest BCUT2D eigenvalue weighted by Gasteiger charge is -2.10. The molecule has 0 radical (unpaired) electrons. The van der Waals surface area contributed by atoms with Gasteiger partial charge in [-0.15, -0.1) is 0 Å². The van der Waals surface area contributed by atoms with Crippen LogP contribution in [-0.4, -0.2) is 10.9 Å². The summed E-state index contributed by atoms with van der Waals surface area (Å²) >= 11 is 4.96. The lowest BCUT2D eigenvalue weighted by atomic mass is 10.1. The number of nitrogens with two attached hydrogens (primary N) is 1. The summed E-state index contributed by atoms with van der Waals surface area (Å²) in [6, 6.07) is 14.6. The molecule has 0 aliphatic carbocycles. The summed E-state index contributed by atoms with van der Waals surface area (Å²) in [5, 5.41) is 2.82. The minimum atomic E-state index is -0.177. The van der Waals surface area contributed by atoms with Crippen LogP contribution in [0.2, 0.25) is 0 Å². The molecule has 1 amide bonds. The fraction of sp³-hybridized carbons (Fsp3) is 0.0667. The van der Waals surface area contributed by atoms with Crippen LogP contribution in [0, 0.1) is 6.92 Å². The smallest absolute Gasteiger partial charge is 0.255 e. The number of para-hydroxylation sites is 1. The van der Waals surface area contributed by atoms with E-state index in [9.17, 15) is 4.79 Å². The molecule has 2 aromatic carbocycles. The van der Waals surface area contributed by atoms with Crippen LogP contribution in [-0.2, 0) is 0 Å². The molecule has 3 N–H and O–H groups in total. The van der Waals surface area contributed by atoms with Gasteiger partial charge in [-0.05, 0) is 31.2 Å². The van der Waals surface area contributed by atoms with E-state index in [1.165, 1.54) is 0 Å². The number of anilines is 1. The maximum atomic E-state index is 12.1. The molecule has 0 aliphatic heterocycles. The van der Waals surface area contributed by atoms with Gasteiger partial charge >= 0.3 is 0 Å². The lowest BCUT2D eigenvalue weighted by Crippen LogP contribution is -2.17. The molecule has 2 rings (SSSR count). The minimum Gasteiger partial charge on any atom is -0.389 e. The van der Waals surface area contributed by atoms with Crippen molar-refractivity contribution in [3.8, 4) is 0 Å². The highest BCUT2D eigenvalue weighted by Crippen LogP contribution is 2.16. The molecule has 0 spiro atoms. The van der Waals surface area contributed by atoms with Crippen molar-refractivity contribution in [3.63, 3.8) is 0 Å². The molecule has 0 saturated carbocycles. The molecule has 0 atom stereocenters. The second-order valence-corrected chi connectivity index (χ2v) is 4.67. The Hall–Kier alpha value is -2.20. The highest BCUT2D eigenvalue weighted by Gasteiger charge is 2.09. The van der Waals surface area contributed by atoms with E-state index in [1.54, 1.807) is 24.3 Å². The van der Waals surface area contributed by atoms with Gasteiger partial charge in [0.25, 0.3) is 5.91 Å². The quantitative estimate of drug-likeness (QED) is 0.843. The number of nitrogens with one attached hydrogen (secondary N) is 1. The van der Waals surface area contributed by atoms with E-state index in [-0.39, 0.29) is 10.9 Å². The predicted octanol–water partition coefficient (Wildman–Crippen LogP) is 2.88. The predicted molar refractivity (Wildman–Crippen MR) is 81.5 cm³/mol. The average Bonchev–Trinajstić information content (AvgIpc) is 2.39. The third kappa shape index (κ3) is 3.17. The molecule has 0 unspecified atom stereocenters. The van der Waals surface area contributed by atoms with Crippen molar-refractivity contribution in [2.24, 2.45) is 5.73 Å². The number of aryl methyl sites for hydroxylation is 1. The molecule has 0 aromatic heterocycles. The Kier molecular flexibility index (Phi) is 3.92. The van der Waals surface area contributed by atoms with Crippen LogP contribution in [0.15, 0.2) is 48.5 Å². The number of carbonyl (C=O) groups excluding carboxylic acids is 1. The molecule has 0 aliphatic rings. The van der Waals surface area contributed by atoms with Crippen LogP contribution in [0.5, 0.6) is 0 Å². The standard InChI is InChI=1S/C15H14N2OS/c1-10-6-8-11(9-7-10)15(18)17-13-5-3-2-4-12(13)14(16)19/h2-9H,1H3,(H2,16,19)(H,17,18). The van der Waals surface area contributed by atoms with Crippen LogP contribution >= 0.6 is 12.2 Å². The highest BCUT2D eigenvalue weighted by molar-refractivity contribution is 7.80. The summed E-state index contributed by atoms with van der Waals surface area (Å²) in [7, 11) is 0. The van der Waals surface area contributed by atoms with E-state index in [1.807, 2.05) is 31.2 Å². The van der Waals surface area contributed by atoms with Gasteiger partial charge in [0, 0.05) is 11.1 Å². The van der Waals surface area contributed by atoms with Crippen LogP contribution in [0.3, 0.4) is 0 Å². The second-order valence-electron chi connectivity index (χ2n) is 4.23. The SMILES string of the molecule is Cc1ccc(C(=O)Nc2ccccc2C(N)=S)cc1. The number of carbonyl (C=O) groups is 1. The fourth-order valence-corrected chi connectivity index (χ4v) is 1.88. The van der Waals surface area contributed by atoms with Crippen LogP contribution in [0.4, 0.5) is 5.69 Å². The average molecular weight is 270 g/mol. The largest absolute Gasteiger partial charge is 0.389 e. The van der Waals surface area contributed by atoms with Gasteiger partial charge in [0.15, 0.2) is 0 Å². The normalized spacial score (nSPS) is 9.95. The molecule has 0 saturated heterocycles. The summed E-state index contributed by atoms with van der Waals surface area (Å²) < 4.78 is 0. The molecular weight excluding hydrogens is 256 g/mol. The first-order valence-electron chi connectivity index (χ1n) is 5.85. The maximum absolute atomic E-state index is 12.1. The number of hydrogen-bond acceptors (Lipinski definition) is 2. The molecular formula is C15H14N2OS. The van der Waals surface area contributed by atoms with Gasteiger partial charge in [0.2, 0.25) is 0 Å². The van der Waals surface area contributed by atoms with E-state index in [2.05, 4.69) is 5.32 Å². The van der Waals surface area contributed by atoms with Crippen molar-refractivity contribution >= 4 is 28.8 Å². The van der Waals surface area contributed by atoms with Crippen molar-refractivity contribution in [1.82, 2.24) is 0 Å². The van der Waals surface area contributed by atoms with E-state index in [4.69, 9.17) is 18.0 Å². The van der Waals surface area contributed by atoms with Gasteiger partial charge < -0.3 is 11.1 Å². The highest BCUT2D eigenvalue weighted by atomic mass is 32.1. The lowest BCUT2D eigenvalue weighted by molar-refractivity contribution is 0.102.